The Labute approximate surface area is 311 Å². The molecule has 0 saturated carbocycles. The lowest BCUT2D eigenvalue weighted by atomic mass is 10.0. The highest BCUT2D eigenvalue weighted by molar-refractivity contribution is 6.23. The number of benzene rings is 8. The summed E-state index contributed by atoms with van der Waals surface area (Å²) in [4.78, 5) is 10.3. The molecule has 0 fully saturated rings. The van der Waals surface area contributed by atoms with Gasteiger partial charge in [-0.1, -0.05) is 140 Å². The van der Waals surface area contributed by atoms with E-state index in [1.165, 1.54) is 54.7 Å². The highest BCUT2D eigenvalue weighted by Gasteiger charge is 2.21. The van der Waals surface area contributed by atoms with E-state index in [1.807, 2.05) is 12.1 Å². The molecule has 54 heavy (non-hydrogen) atoms. The second-order valence-electron chi connectivity index (χ2n) is 13.8. The van der Waals surface area contributed by atoms with Crippen LogP contribution in [0.4, 0.5) is 0 Å². The summed E-state index contributed by atoms with van der Waals surface area (Å²) in [5, 5.41) is 5.96. The molecule has 0 radical (unpaired) electrons. The molecular formula is C50H32N4. The van der Waals surface area contributed by atoms with Crippen LogP contribution in [0.3, 0.4) is 0 Å². The predicted octanol–water partition coefficient (Wildman–Crippen LogP) is 12.8. The monoisotopic (exact) mass is 688 g/mol. The first-order valence-corrected chi connectivity index (χ1v) is 18.3. The van der Waals surface area contributed by atoms with E-state index in [0.29, 0.717) is 5.82 Å². The molecule has 0 aliphatic rings. The highest BCUT2D eigenvalue weighted by Crippen LogP contribution is 2.42. The van der Waals surface area contributed by atoms with Crippen molar-refractivity contribution >= 4 is 54.5 Å². The maximum Gasteiger partial charge on any atom is 0.160 e. The second kappa shape index (κ2) is 12.1. The summed E-state index contributed by atoms with van der Waals surface area (Å²) in [7, 11) is 0. The molecule has 8 aromatic carbocycles. The first kappa shape index (κ1) is 30.3. The number of aromatic nitrogens is 4. The average Bonchev–Trinajstić information content (AvgIpc) is 3.77. The summed E-state index contributed by atoms with van der Waals surface area (Å²) < 4.78 is 4.85. The molecule has 0 amide bonds. The van der Waals surface area contributed by atoms with E-state index >= 15 is 0 Å². The molecule has 252 valence electrons. The Kier molecular flexibility index (Phi) is 6.82. The van der Waals surface area contributed by atoms with Crippen LogP contribution in [0.2, 0.25) is 0 Å². The smallest absolute Gasteiger partial charge is 0.160 e. The van der Waals surface area contributed by atoms with E-state index in [4.69, 9.17) is 9.97 Å². The van der Waals surface area contributed by atoms with E-state index in [0.717, 1.165) is 39.1 Å². The fourth-order valence-electron chi connectivity index (χ4n) is 8.25. The molecule has 0 aliphatic carbocycles. The van der Waals surface area contributed by atoms with Gasteiger partial charge >= 0.3 is 0 Å². The van der Waals surface area contributed by atoms with Crippen LogP contribution in [-0.4, -0.2) is 19.1 Å². The molecule has 0 aliphatic heterocycles. The van der Waals surface area contributed by atoms with Gasteiger partial charge in [-0.2, -0.15) is 0 Å². The van der Waals surface area contributed by atoms with Crippen LogP contribution in [0.25, 0.3) is 99.7 Å². The number of fused-ring (bicyclic) bond motifs is 8. The number of rotatable bonds is 5. The third-order valence-electron chi connectivity index (χ3n) is 10.7. The van der Waals surface area contributed by atoms with Crippen LogP contribution in [0.15, 0.2) is 194 Å². The van der Waals surface area contributed by atoms with Crippen LogP contribution in [0.5, 0.6) is 0 Å². The van der Waals surface area contributed by atoms with Crippen molar-refractivity contribution in [2.24, 2.45) is 0 Å². The molecule has 0 atom stereocenters. The quantitative estimate of drug-likeness (QED) is 0.180. The minimum Gasteiger partial charge on any atom is -0.307 e. The molecule has 3 heterocycles. The number of hydrogen-bond donors (Lipinski definition) is 0. The minimum atomic E-state index is 0.705. The number of hydrogen-bond acceptors (Lipinski definition) is 2. The van der Waals surface area contributed by atoms with Crippen molar-refractivity contribution in [2.45, 2.75) is 0 Å². The number of para-hydroxylation sites is 4. The molecule has 0 spiro atoms. The maximum absolute atomic E-state index is 5.23. The lowest BCUT2D eigenvalue weighted by molar-refractivity contribution is 1.15. The highest BCUT2D eigenvalue weighted by atomic mass is 15.0. The van der Waals surface area contributed by atoms with Crippen molar-refractivity contribution in [1.82, 2.24) is 19.1 Å². The molecule has 0 N–H and O–H groups in total. The molecular weight excluding hydrogens is 657 g/mol. The van der Waals surface area contributed by atoms with Gasteiger partial charge in [0.2, 0.25) is 0 Å². The van der Waals surface area contributed by atoms with Gasteiger partial charge in [0.1, 0.15) is 0 Å². The average molecular weight is 689 g/mol. The zero-order chi connectivity index (χ0) is 35.6. The Bertz CT molecular complexity index is 3170. The van der Waals surface area contributed by atoms with Gasteiger partial charge in [-0.15, -0.1) is 0 Å². The predicted molar refractivity (Wildman–Crippen MR) is 225 cm³/mol. The largest absolute Gasteiger partial charge is 0.307 e. The van der Waals surface area contributed by atoms with Gasteiger partial charge < -0.3 is 9.13 Å². The van der Waals surface area contributed by atoms with Gasteiger partial charge in [0.05, 0.1) is 33.3 Å². The van der Waals surface area contributed by atoms with Crippen LogP contribution in [0, 0.1) is 0 Å². The van der Waals surface area contributed by atoms with Gasteiger partial charge in [0, 0.05) is 49.4 Å². The molecule has 0 bridgehead atoms. The SMILES string of the molecule is c1ccc(-c2ccc(-c3nc(-c4ccc(-n5c6ccccc6c6ccc7c8ccccc8n(-c8ccccc8)c7c65)cc4)nc4ccccc34)cc2)cc1. The van der Waals surface area contributed by atoms with E-state index in [1.54, 1.807) is 0 Å². The Morgan fingerprint density at radius 3 is 1.39 bits per heavy atom. The molecule has 4 nitrogen and oxygen atoms in total. The standard InChI is InChI=1S/C50H32N4/c1-3-13-33(14-4-1)34-23-25-35(26-24-34)47-43-19-7-10-20-44(43)51-50(52-47)36-27-29-38(30-28-36)54-46-22-12-9-18-40(46)42-32-31-41-39-17-8-11-21-45(39)53(48(41)49(42)54)37-15-5-2-6-16-37/h1-32H. The molecule has 11 rings (SSSR count). The van der Waals surface area contributed by atoms with Crippen molar-refractivity contribution in [3.8, 4) is 45.1 Å². The Morgan fingerprint density at radius 1 is 0.296 bits per heavy atom. The normalized spacial score (nSPS) is 11.7. The van der Waals surface area contributed by atoms with Gasteiger partial charge in [0.25, 0.3) is 0 Å². The second-order valence-corrected chi connectivity index (χ2v) is 13.8. The minimum absolute atomic E-state index is 0.705. The molecule has 0 saturated heterocycles. The van der Waals surface area contributed by atoms with E-state index in [-0.39, 0.29) is 0 Å². The summed E-state index contributed by atoms with van der Waals surface area (Å²) >= 11 is 0. The first-order chi connectivity index (χ1) is 26.8. The number of nitrogens with zero attached hydrogens (tertiary/aromatic N) is 4. The van der Waals surface area contributed by atoms with Gasteiger partial charge in [-0.25, -0.2) is 9.97 Å². The Balaban J connectivity index is 1.09. The third kappa shape index (κ3) is 4.70. The fourth-order valence-corrected chi connectivity index (χ4v) is 8.25. The van der Waals surface area contributed by atoms with E-state index in [2.05, 4.69) is 191 Å². The van der Waals surface area contributed by atoms with Crippen molar-refractivity contribution in [2.75, 3.05) is 0 Å². The summed E-state index contributed by atoms with van der Waals surface area (Å²) in [6.07, 6.45) is 0. The first-order valence-electron chi connectivity index (χ1n) is 18.3. The molecule has 0 unspecified atom stereocenters. The molecule has 4 heteroatoms. The van der Waals surface area contributed by atoms with E-state index < -0.39 is 0 Å². The maximum atomic E-state index is 5.23. The van der Waals surface area contributed by atoms with Crippen molar-refractivity contribution < 1.29 is 0 Å². The topological polar surface area (TPSA) is 35.6 Å². The zero-order valence-electron chi connectivity index (χ0n) is 29.3. The van der Waals surface area contributed by atoms with Crippen LogP contribution >= 0.6 is 0 Å². The molecule has 11 aromatic rings. The van der Waals surface area contributed by atoms with Crippen LogP contribution < -0.4 is 0 Å². The van der Waals surface area contributed by atoms with Crippen molar-refractivity contribution in [3.05, 3.63) is 194 Å². The summed E-state index contributed by atoms with van der Waals surface area (Å²) in [5.74, 6) is 0.705. The van der Waals surface area contributed by atoms with Gasteiger partial charge in [-0.05, 0) is 65.7 Å². The van der Waals surface area contributed by atoms with Crippen LogP contribution in [-0.2, 0) is 0 Å². The Hall–Kier alpha value is -7.30. The van der Waals surface area contributed by atoms with Crippen molar-refractivity contribution in [3.63, 3.8) is 0 Å². The van der Waals surface area contributed by atoms with Gasteiger partial charge in [0.15, 0.2) is 5.82 Å². The third-order valence-corrected chi connectivity index (χ3v) is 10.7. The lowest BCUT2D eigenvalue weighted by Crippen LogP contribution is -1.99. The van der Waals surface area contributed by atoms with E-state index in [9.17, 15) is 0 Å². The van der Waals surface area contributed by atoms with Crippen molar-refractivity contribution in [1.29, 1.82) is 0 Å². The zero-order valence-corrected chi connectivity index (χ0v) is 29.3. The summed E-state index contributed by atoms with van der Waals surface area (Å²) in [6, 6.07) is 69.0. The van der Waals surface area contributed by atoms with Gasteiger partial charge in [-0.3, -0.25) is 0 Å². The lowest BCUT2D eigenvalue weighted by Gasteiger charge is -2.13. The summed E-state index contributed by atoms with van der Waals surface area (Å²) in [6.45, 7) is 0. The fraction of sp³-hybridized carbons (Fsp3) is 0. The Morgan fingerprint density at radius 2 is 0.759 bits per heavy atom. The molecule has 3 aromatic heterocycles. The van der Waals surface area contributed by atoms with Crippen LogP contribution in [0.1, 0.15) is 0 Å². The summed E-state index contributed by atoms with van der Waals surface area (Å²) in [5.41, 5.74) is 13.2.